The molecule has 4 nitrogen and oxygen atoms in total. The SMILES string of the molecule is C=C(C)C1C2CC(C)C3(OC2OC)C1C=C(CO[Si](C(C)C)(C(C)C)C(C)C)C[C@H]1C(=O)CC[C@H]13. The van der Waals surface area contributed by atoms with Crippen LogP contribution in [0.1, 0.15) is 81.1 Å². The van der Waals surface area contributed by atoms with Gasteiger partial charge < -0.3 is 13.9 Å². The third-order valence-electron chi connectivity index (χ3n) is 10.5. The van der Waals surface area contributed by atoms with Crippen LogP contribution in [0.4, 0.5) is 0 Å². The Balaban J connectivity index is 1.78. The number of ketones is 1. The zero-order valence-electron chi connectivity index (χ0n) is 23.7. The molecule has 2 saturated carbocycles. The van der Waals surface area contributed by atoms with Crippen molar-refractivity contribution in [3.8, 4) is 0 Å². The molecule has 0 aromatic carbocycles. The van der Waals surface area contributed by atoms with E-state index in [1.807, 2.05) is 0 Å². The topological polar surface area (TPSA) is 44.8 Å². The molecule has 35 heavy (non-hydrogen) atoms. The lowest BCUT2D eigenvalue weighted by Crippen LogP contribution is -2.67. The van der Waals surface area contributed by atoms with Crippen LogP contribution >= 0.6 is 0 Å². The molecule has 5 aliphatic rings. The first-order valence-electron chi connectivity index (χ1n) is 14.1. The highest BCUT2D eigenvalue weighted by atomic mass is 28.4. The molecule has 5 heteroatoms. The molecule has 0 aromatic heterocycles. The van der Waals surface area contributed by atoms with E-state index >= 15 is 0 Å². The number of hydrogen-bond acceptors (Lipinski definition) is 4. The lowest BCUT2D eigenvalue weighted by atomic mass is 9.51. The first-order chi connectivity index (χ1) is 16.4. The minimum Gasteiger partial charge on any atom is -0.412 e. The second kappa shape index (κ2) is 9.85. The minimum atomic E-state index is -2.00. The predicted octanol–water partition coefficient (Wildman–Crippen LogP) is 7.31. The fourth-order valence-electron chi connectivity index (χ4n) is 9.34. The van der Waals surface area contributed by atoms with Gasteiger partial charge in [-0.15, -0.1) is 0 Å². The van der Waals surface area contributed by atoms with Crippen molar-refractivity contribution in [3.05, 3.63) is 23.8 Å². The van der Waals surface area contributed by atoms with E-state index in [0.717, 1.165) is 19.3 Å². The maximum atomic E-state index is 13.3. The number of allylic oxidation sites excluding steroid dienone is 1. The number of rotatable bonds is 8. The molecule has 2 aliphatic heterocycles. The van der Waals surface area contributed by atoms with E-state index < -0.39 is 8.32 Å². The van der Waals surface area contributed by atoms with Crippen molar-refractivity contribution in [2.45, 2.75) is 110 Å². The summed E-state index contributed by atoms with van der Waals surface area (Å²) in [5, 5.41) is 0. The van der Waals surface area contributed by atoms with E-state index in [-0.39, 0.29) is 29.6 Å². The molecule has 8 atom stereocenters. The van der Waals surface area contributed by atoms with E-state index in [1.54, 1.807) is 7.11 Å². The third-order valence-corrected chi connectivity index (χ3v) is 16.6. The maximum absolute atomic E-state index is 13.3. The van der Waals surface area contributed by atoms with E-state index in [0.29, 0.717) is 53.2 Å². The van der Waals surface area contributed by atoms with Crippen molar-refractivity contribution < 1.29 is 18.7 Å². The summed E-state index contributed by atoms with van der Waals surface area (Å²) in [6, 6.07) is 0. The lowest BCUT2D eigenvalue weighted by Gasteiger charge is -2.63. The quantitative estimate of drug-likeness (QED) is 0.258. The molecule has 2 saturated heterocycles. The number of Topliss-reactive ketones (excluding diaryl/α,β-unsaturated/α-hetero) is 1. The third kappa shape index (κ3) is 4.08. The summed E-state index contributed by atoms with van der Waals surface area (Å²) in [4.78, 5) is 13.3. The van der Waals surface area contributed by atoms with Gasteiger partial charge >= 0.3 is 0 Å². The van der Waals surface area contributed by atoms with Gasteiger partial charge in [0.2, 0.25) is 8.32 Å². The van der Waals surface area contributed by atoms with Crippen LogP contribution in [0.2, 0.25) is 16.6 Å². The molecule has 0 radical (unpaired) electrons. The highest BCUT2D eigenvalue weighted by Gasteiger charge is 2.67. The molecule has 2 heterocycles. The Labute approximate surface area is 215 Å². The summed E-state index contributed by atoms with van der Waals surface area (Å²) >= 11 is 0. The standard InChI is InChI=1S/C30H50O4Si/c1-17(2)28-24-13-21(9)30(34-29(24)32-10)25-11-12-27(31)23(25)14-22(15-26(28)30)16-33-35(18(3)4,19(5)6)20(7)8/h15,18-21,23-26,28-29H,1,11-14,16H2,2-10H3/t21?,23-,24?,25-,26?,28?,29?,30?/m1/s1. The summed E-state index contributed by atoms with van der Waals surface area (Å²) in [7, 11) is -0.232. The van der Waals surface area contributed by atoms with Crippen molar-refractivity contribution in [2.24, 2.45) is 35.5 Å². The fraction of sp³-hybridized carbons (Fsp3) is 0.833. The monoisotopic (exact) mass is 502 g/mol. The smallest absolute Gasteiger partial charge is 0.200 e. The molecule has 4 fully saturated rings. The van der Waals surface area contributed by atoms with Crippen molar-refractivity contribution in [1.82, 2.24) is 0 Å². The van der Waals surface area contributed by atoms with E-state index in [4.69, 9.17) is 13.9 Å². The van der Waals surface area contributed by atoms with Crippen LogP contribution in [0.25, 0.3) is 0 Å². The highest BCUT2D eigenvalue weighted by Crippen LogP contribution is 2.64. The largest absolute Gasteiger partial charge is 0.412 e. The Morgan fingerprint density at radius 1 is 1.20 bits per heavy atom. The Bertz CT molecular complexity index is 839. The van der Waals surface area contributed by atoms with Crippen LogP contribution in [-0.2, 0) is 18.7 Å². The first-order valence-corrected chi connectivity index (χ1v) is 16.3. The number of hydrogen-bond donors (Lipinski definition) is 0. The second-order valence-corrected chi connectivity index (χ2v) is 18.6. The minimum absolute atomic E-state index is 0.0310. The number of carbonyl (C=O) groups excluding carboxylic acids is 1. The molecule has 0 aromatic rings. The highest BCUT2D eigenvalue weighted by molar-refractivity contribution is 6.77. The van der Waals surface area contributed by atoms with Gasteiger partial charge in [-0.3, -0.25) is 4.79 Å². The average molecular weight is 503 g/mol. The van der Waals surface area contributed by atoms with Gasteiger partial charge in [-0.25, -0.2) is 0 Å². The molecule has 3 aliphatic carbocycles. The van der Waals surface area contributed by atoms with Crippen LogP contribution in [0.3, 0.4) is 0 Å². The first kappa shape index (κ1) is 27.3. The molecule has 0 amide bonds. The molecular formula is C30H50O4Si. The van der Waals surface area contributed by atoms with Crippen molar-refractivity contribution >= 4 is 14.1 Å². The van der Waals surface area contributed by atoms with Crippen LogP contribution < -0.4 is 0 Å². The maximum Gasteiger partial charge on any atom is 0.200 e. The number of carbonyl (C=O) groups is 1. The van der Waals surface area contributed by atoms with Gasteiger partial charge in [-0.2, -0.15) is 0 Å². The molecule has 6 unspecified atom stereocenters. The lowest BCUT2D eigenvalue weighted by molar-refractivity contribution is -0.344. The second-order valence-electron chi connectivity index (χ2n) is 13.1. The average Bonchev–Trinajstić information content (AvgIpc) is 3.06. The van der Waals surface area contributed by atoms with Gasteiger partial charge in [-0.1, -0.05) is 66.7 Å². The van der Waals surface area contributed by atoms with Gasteiger partial charge in [0.1, 0.15) is 5.78 Å². The van der Waals surface area contributed by atoms with Gasteiger partial charge in [-0.05, 0) is 66.1 Å². The number of ether oxygens (including phenoxy) is 2. The van der Waals surface area contributed by atoms with E-state index in [1.165, 1.54) is 11.1 Å². The Morgan fingerprint density at radius 3 is 2.37 bits per heavy atom. The zero-order valence-corrected chi connectivity index (χ0v) is 24.7. The summed E-state index contributed by atoms with van der Waals surface area (Å²) in [5.41, 5.74) is 3.80. The normalized spacial score (nSPS) is 39.1. The Hall–Kier alpha value is -0.753. The Kier molecular flexibility index (Phi) is 7.68. The summed E-state index contributed by atoms with van der Waals surface area (Å²) in [6.45, 7) is 23.7. The summed E-state index contributed by atoms with van der Waals surface area (Å²) in [5.74, 6) is 1.94. The number of methoxy groups -OCH3 is 1. The van der Waals surface area contributed by atoms with Crippen molar-refractivity contribution in [2.75, 3.05) is 13.7 Å². The van der Waals surface area contributed by atoms with Crippen LogP contribution in [-0.4, -0.2) is 39.7 Å². The molecule has 1 spiro atoms. The van der Waals surface area contributed by atoms with Gasteiger partial charge in [0, 0.05) is 31.3 Å². The van der Waals surface area contributed by atoms with Gasteiger partial charge in [0.25, 0.3) is 0 Å². The molecule has 0 N–H and O–H groups in total. The molecule has 198 valence electrons. The summed E-state index contributed by atoms with van der Waals surface area (Å²) in [6.07, 6.45) is 5.79. The van der Waals surface area contributed by atoms with E-state index in [2.05, 4.69) is 68.0 Å². The van der Waals surface area contributed by atoms with Crippen molar-refractivity contribution in [3.63, 3.8) is 0 Å². The molecule has 2 bridgehead atoms. The fourth-order valence-corrected chi connectivity index (χ4v) is 14.8. The zero-order chi connectivity index (χ0) is 25.9. The van der Waals surface area contributed by atoms with Crippen LogP contribution in [0, 0.1) is 35.5 Å². The van der Waals surface area contributed by atoms with Gasteiger partial charge in [0.05, 0.1) is 12.2 Å². The van der Waals surface area contributed by atoms with Gasteiger partial charge in [0.15, 0.2) is 6.29 Å². The molecular weight excluding hydrogens is 452 g/mol. The Morgan fingerprint density at radius 2 is 1.83 bits per heavy atom. The predicted molar refractivity (Wildman–Crippen MR) is 145 cm³/mol. The summed E-state index contributed by atoms with van der Waals surface area (Å²) < 4.78 is 20.0. The van der Waals surface area contributed by atoms with Crippen molar-refractivity contribution in [1.29, 1.82) is 0 Å². The van der Waals surface area contributed by atoms with E-state index in [9.17, 15) is 4.79 Å². The number of fused-ring (bicyclic) bond motifs is 3. The molecule has 5 rings (SSSR count). The van der Waals surface area contributed by atoms with Crippen LogP contribution in [0.5, 0.6) is 0 Å². The van der Waals surface area contributed by atoms with Crippen LogP contribution in [0.15, 0.2) is 23.8 Å².